The van der Waals surface area contributed by atoms with Gasteiger partial charge in [0, 0.05) is 5.02 Å². The minimum atomic E-state index is -1.07. The van der Waals surface area contributed by atoms with Crippen molar-refractivity contribution in [1.82, 2.24) is 9.97 Å². The van der Waals surface area contributed by atoms with E-state index in [0.717, 1.165) is 11.1 Å². The molecule has 1 aromatic heterocycles. The zero-order valence-electron chi connectivity index (χ0n) is 9.72. The van der Waals surface area contributed by atoms with Gasteiger partial charge in [0.05, 0.1) is 11.0 Å². The first kappa shape index (κ1) is 11.7. The molecule has 0 aliphatic heterocycles. The molecule has 2 N–H and O–H groups in total. The molecule has 1 heterocycles. The Kier molecular flexibility index (Phi) is 2.72. The number of hydrogen-bond donors (Lipinski definition) is 2. The predicted octanol–water partition coefficient (Wildman–Crippen LogP) is 3.58. The van der Waals surface area contributed by atoms with Crippen LogP contribution in [0.1, 0.15) is 10.6 Å². The molecule has 0 unspecified atom stereocenters. The van der Waals surface area contributed by atoms with E-state index in [4.69, 9.17) is 16.7 Å². The monoisotopic (exact) mass is 272 g/mol. The number of carboxylic acids is 1. The number of aromatic nitrogens is 2. The summed E-state index contributed by atoms with van der Waals surface area (Å²) >= 11 is 5.85. The maximum atomic E-state index is 10.9. The highest BCUT2D eigenvalue weighted by Gasteiger charge is 2.09. The molecule has 0 amide bonds. The number of aromatic amines is 1. The smallest absolute Gasteiger partial charge is 0.371 e. The van der Waals surface area contributed by atoms with E-state index in [1.807, 2.05) is 36.4 Å². The Hall–Kier alpha value is -2.33. The van der Waals surface area contributed by atoms with Crippen molar-refractivity contribution in [2.45, 2.75) is 0 Å². The highest BCUT2D eigenvalue weighted by atomic mass is 35.5. The minimum Gasteiger partial charge on any atom is -0.475 e. The van der Waals surface area contributed by atoms with Gasteiger partial charge in [-0.15, -0.1) is 0 Å². The van der Waals surface area contributed by atoms with E-state index in [9.17, 15) is 4.79 Å². The van der Waals surface area contributed by atoms with Crippen molar-refractivity contribution in [3.8, 4) is 11.1 Å². The molecule has 0 spiro atoms. The number of carboxylic acid groups (broad SMARTS) is 1. The van der Waals surface area contributed by atoms with E-state index >= 15 is 0 Å². The van der Waals surface area contributed by atoms with Crippen molar-refractivity contribution < 1.29 is 9.90 Å². The molecule has 3 aromatic rings. The van der Waals surface area contributed by atoms with Crippen molar-refractivity contribution in [3.05, 3.63) is 53.3 Å². The van der Waals surface area contributed by atoms with Gasteiger partial charge in [0.25, 0.3) is 0 Å². The van der Waals surface area contributed by atoms with Gasteiger partial charge >= 0.3 is 5.97 Å². The molecule has 0 bridgehead atoms. The standard InChI is InChI=1S/C14H9ClN2O2/c15-10-4-1-8(2-5-10)9-3-6-11-12(7-9)17-13(16-11)14(18)19/h1-7H,(H,16,17)(H,18,19). The number of aromatic carboxylic acids is 1. The first-order valence-electron chi connectivity index (χ1n) is 5.62. The Morgan fingerprint density at radius 3 is 2.47 bits per heavy atom. The lowest BCUT2D eigenvalue weighted by Gasteiger charge is -2.01. The third-order valence-electron chi connectivity index (χ3n) is 2.86. The third-order valence-corrected chi connectivity index (χ3v) is 3.11. The molecule has 0 saturated heterocycles. The second-order valence-electron chi connectivity index (χ2n) is 4.13. The number of halogens is 1. The Labute approximate surface area is 113 Å². The molecule has 5 heteroatoms. The van der Waals surface area contributed by atoms with Gasteiger partial charge in [0.15, 0.2) is 0 Å². The fraction of sp³-hybridized carbons (Fsp3) is 0. The molecule has 19 heavy (non-hydrogen) atoms. The molecule has 3 rings (SSSR count). The maximum absolute atomic E-state index is 10.9. The molecular formula is C14H9ClN2O2. The largest absolute Gasteiger partial charge is 0.475 e. The summed E-state index contributed by atoms with van der Waals surface area (Å²) in [5.74, 6) is -1.12. The van der Waals surface area contributed by atoms with Gasteiger partial charge in [-0.3, -0.25) is 0 Å². The number of hydrogen-bond acceptors (Lipinski definition) is 2. The topological polar surface area (TPSA) is 66.0 Å². The van der Waals surface area contributed by atoms with Gasteiger partial charge in [-0.25, -0.2) is 9.78 Å². The summed E-state index contributed by atoms with van der Waals surface area (Å²) in [7, 11) is 0. The first-order chi connectivity index (χ1) is 9.13. The normalized spacial score (nSPS) is 10.8. The molecular weight excluding hydrogens is 264 g/mol. The minimum absolute atomic E-state index is 0.0525. The number of imidazole rings is 1. The molecule has 0 aliphatic carbocycles. The van der Waals surface area contributed by atoms with Gasteiger partial charge in [-0.05, 0) is 35.4 Å². The summed E-state index contributed by atoms with van der Waals surface area (Å²) in [5, 5.41) is 9.57. The van der Waals surface area contributed by atoms with Crippen LogP contribution in [0.3, 0.4) is 0 Å². The Morgan fingerprint density at radius 1 is 1.11 bits per heavy atom. The molecule has 4 nitrogen and oxygen atoms in total. The number of nitrogens with one attached hydrogen (secondary N) is 1. The van der Waals surface area contributed by atoms with Crippen molar-refractivity contribution in [3.63, 3.8) is 0 Å². The second kappa shape index (κ2) is 4.40. The number of benzene rings is 2. The van der Waals surface area contributed by atoms with Crippen LogP contribution in [0.25, 0.3) is 22.2 Å². The van der Waals surface area contributed by atoms with Crippen molar-refractivity contribution in [1.29, 1.82) is 0 Å². The van der Waals surface area contributed by atoms with Crippen LogP contribution in [0, 0.1) is 0 Å². The summed E-state index contributed by atoms with van der Waals surface area (Å²) in [4.78, 5) is 17.6. The molecule has 2 aromatic carbocycles. The van der Waals surface area contributed by atoms with E-state index in [1.54, 1.807) is 6.07 Å². The molecule has 94 valence electrons. The SMILES string of the molecule is O=C(O)c1nc2ccc(-c3ccc(Cl)cc3)cc2[nH]1. The van der Waals surface area contributed by atoms with Gasteiger partial charge in [0.1, 0.15) is 0 Å². The van der Waals surface area contributed by atoms with Crippen LogP contribution in [-0.4, -0.2) is 21.0 Å². The summed E-state index contributed by atoms with van der Waals surface area (Å²) in [6.07, 6.45) is 0. The number of carbonyl (C=O) groups is 1. The molecule has 0 aliphatic rings. The zero-order valence-corrected chi connectivity index (χ0v) is 10.5. The number of rotatable bonds is 2. The average molecular weight is 273 g/mol. The van der Waals surface area contributed by atoms with Crippen molar-refractivity contribution in [2.24, 2.45) is 0 Å². The van der Waals surface area contributed by atoms with E-state index in [0.29, 0.717) is 16.1 Å². The lowest BCUT2D eigenvalue weighted by Crippen LogP contribution is -1.97. The van der Waals surface area contributed by atoms with Crippen LogP contribution < -0.4 is 0 Å². The highest BCUT2D eigenvalue weighted by molar-refractivity contribution is 6.30. The van der Waals surface area contributed by atoms with E-state index < -0.39 is 5.97 Å². The second-order valence-corrected chi connectivity index (χ2v) is 4.57. The fourth-order valence-corrected chi connectivity index (χ4v) is 2.06. The van der Waals surface area contributed by atoms with Crippen LogP contribution in [0.2, 0.25) is 5.02 Å². The lowest BCUT2D eigenvalue weighted by molar-refractivity contribution is 0.0685. The summed E-state index contributed by atoms with van der Waals surface area (Å²) in [5.41, 5.74) is 3.32. The van der Waals surface area contributed by atoms with Crippen LogP contribution in [0.5, 0.6) is 0 Å². The fourth-order valence-electron chi connectivity index (χ4n) is 1.93. The zero-order chi connectivity index (χ0) is 13.4. The third kappa shape index (κ3) is 2.18. The quantitative estimate of drug-likeness (QED) is 0.749. The van der Waals surface area contributed by atoms with Crippen LogP contribution in [-0.2, 0) is 0 Å². The summed E-state index contributed by atoms with van der Waals surface area (Å²) < 4.78 is 0. The number of nitrogens with zero attached hydrogens (tertiary/aromatic N) is 1. The predicted molar refractivity (Wildman–Crippen MR) is 73.5 cm³/mol. The average Bonchev–Trinajstić information content (AvgIpc) is 2.82. The van der Waals surface area contributed by atoms with Crippen LogP contribution in [0.4, 0.5) is 0 Å². The van der Waals surface area contributed by atoms with Gasteiger partial charge in [-0.2, -0.15) is 0 Å². The molecule has 0 saturated carbocycles. The van der Waals surface area contributed by atoms with Crippen molar-refractivity contribution in [2.75, 3.05) is 0 Å². The highest BCUT2D eigenvalue weighted by Crippen LogP contribution is 2.24. The van der Waals surface area contributed by atoms with Crippen molar-refractivity contribution >= 4 is 28.6 Å². The number of H-pyrrole nitrogens is 1. The summed E-state index contributed by atoms with van der Waals surface area (Å²) in [6, 6.07) is 13.0. The first-order valence-corrected chi connectivity index (χ1v) is 6.00. The van der Waals surface area contributed by atoms with E-state index in [1.165, 1.54) is 0 Å². The Balaban J connectivity index is 2.10. The number of fused-ring (bicyclic) bond motifs is 1. The van der Waals surface area contributed by atoms with Gasteiger partial charge < -0.3 is 10.1 Å². The Bertz CT molecular complexity index is 763. The van der Waals surface area contributed by atoms with E-state index in [-0.39, 0.29) is 5.82 Å². The lowest BCUT2D eigenvalue weighted by atomic mass is 10.1. The van der Waals surface area contributed by atoms with Crippen LogP contribution in [0.15, 0.2) is 42.5 Å². The van der Waals surface area contributed by atoms with Gasteiger partial charge in [-0.1, -0.05) is 29.8 Å². The Morgan fingerprint density at radius 2 is 1.79 bits per heavy atom. The molecule has 0 radical (unpaired) electrons. The molecule has 0 atom stereocenters. The van der Waals surface area contributed by atoms with E-state index in [2.05, 4.69) is 9.97 Å². The van der Waals surface area contributed by atoms with Gasteiger partial charge in [0.2, 0.25) is 5.82 Å². The van der Waals surface area contributed by atoms with Crippen LogP contribution >= 0.6 is 11.6 Å². The molecule has 0 fully saturated rings. The maximum Gasteiger partial charge on any atom is 0.371 e. The summed E-state index contributed by atoms with van der Waals surface area (Å²) in [6.45, 7) is 0.